The van der Waals surface area contributed by atoms with E-state index in [4.69, 9.17) is 27.9 Å². The number of amides is 1. The molecule has 0 fully saturated rings. The Balaban J connectivity index is 1.99. The zero-order valence-electron chi connectivity index (χ0n) is 11.7. The van der Waals surface area contributed by atoms with Crippen LogP contribution < -0.4 is 5.32 Å². The number of ether oxygens (including phenoxy) is 1. The predicted octanol–water partition coefficient (Wildman–Crippen LogP) is 4.18. The summed E-state index contributed by atoms with van der Waals surface area (Å²) < 4.78 is 5.11. The van der Waals surface area contributed by atoms with Crippen molar-refractivity contribution >= 4 is 40.8 Å². The minimum Gasteiger partial charge on any atom is -0.449 e. The quantitative estimate of drug-likeness (QED) is 0.851. The van der Waals surface area contributed by atoms with E-state index >= 15 is 0 Å². The molecule has 1 N–H and O–H groups in total. The first-order chi connectivity index (χ1) is 10.5. The third-order valence-corrected chi connectivity index (χ3v) is 3.40. The summed E-state index contributed by atoms with van der Waals surface area (Å²) in [7, 11) is 0. The van der Waals surface area contributed by atoms with Crippen LogP contribution in [0, 0.1) is 0 Å². The Bertz CT molecular complexity index is 689. The first-order valence-corrected chi connectivity index (χ1v) is 7.25. The molecule has 0 radical (unpaired) electrons. The number of hydrogen-bond acceptors (Lipinski definition) is 3. The molecule has 0 aliphatic heterocycles. The monoisotopic (exact) mass is 337 g/mol. The topological polar surface area (TPSA) is 55.4 Å². The van der Waals surface area contributed by atoms with E-state index in [1.807, 2.05) is 0 Å². The molecule has 1 amide bonds. The van der Waals surface area contributed by atoms with Crippen molar-refractivity contribution in [2.45, 2.75) is 13.0 Å². The van der Waals surface area contributed by atoms with Crippen molar-refractivity contribution in [3.05, 3.63) is 64.1 Å². The Labute approximate surface area is 138 Å². The van der Waals surface area contributed by atoms with Crippen LogP contribution in [0.25, 0.3) is 0 Å². The van der Waals surface area contributed by atoms with Gasteiger partial charge in [-0.05, 0) is 37.3 Å². The molecule has 4 nitrogen and oxygen atoms in total. The summed E-state index contributed by atoms with van der Waals surface area (Å²) in [6.07, 6.45) is -0.959. The Morgan fingerprint density at radius 2 is 1.77 bits per heavy atom. The molecule has 0 aliphatic carbocycles. The van der Waals surface area contributed by atoms with Crippen molar-refractivity contribution in [3.8, 4) is 0 Å². The fourth-order valence-corrected chi connectivity index (χ4v) is 2.14. The van der Waals surface area contributed by atoms with Gasteiger partial charge in [0.05, 0.1) is 16.3 Å². The maximum absolute atomic E-state index is 12.0. The van der Waals surface area contributed by atoms with Crippen LogP contribution in [0.2, 0.25) is 10.0 Å². The largest absolute Gasteiger partial charge is 0.449 e. The fraction of sp³-hybridized carbons (Fsp3) is 0.125. The van der Waals surface area contributed by atoms with Crippen LogP contribution in [0.1, 0.15) is 17.3 Å². The minimum atomic E-state index is -0.959. The molecule has 0 heterocycles. The maximum atomic E-state index is 12.0. The third-order valence-electron chi connectivity index (χ3n) is 2.85. The van der Waals surface area contributed by atoms with Gasteiger partial charge in [-0.25, -0.2) is 4.79 Å². The number of carbonyl (C=O) groups excluding carboxylic acids is 2. The minimum absolute atomic E-state index is 0.308. The van der Waals surface area contributed by atoms with Gasteiger partial charge in [-0.1, -0.05) is 41.4 Å². The molecule has 6 heteroatoms. The summed E-state index contributed by atoms with van der Waals surface area (Å²) in [5.74, 6) is -1.04. The van der Waals surface area contributed by atoms with Crippen LogP contribution in [0.15, 0.2) is 48.5 Å². The molecule has 1 atom stereocenters. The molecule has 0 aromatic heterocycles. The molecular weight excluding hydrogens is 325 g/mol. The van der Waals surface area contributed by atoms with Gasteiger partial charge in [-0.2, -0.15) is 0 Å². The van der Waals surface area contributed by atoms with E-state index in [1.165, 1.54) is 13.0 Å². The summed E-state index contributed by atoms with van der Waals surface area (Å²) in [6.45, 7) is 1.49. The number of carbonyl (C=O) groups is 2. The highest BCUT2D eigenvalue weighted by molar-refractivity contribution is 6.36. The molecule has 2 aromatic rings. The molecular formula is C16H13Cl2NO3. The fourth-order valence-electron chi connectivity index (χ4n) is 1.68. The molecule has 0 aliphatic rings. The highest BCUT2D eigenvalue weighted by Gasteiger charge is 2.19. The van der Waals surface area contributed by atoms with Gasteiger partial charge in [0.25, 0.3) is 5.91 Å². The second-order valence-corrected chi connectivity index (χ2v) is 5.37. The van der Waals surface area contributed by atoms with Crippen LogP contribution in [0.5, 0.6) is 0 Å². The van der Waals surface area contributed by atoms with E-state index in [1.54, 1.807) is 42.5 Å². The van der Waals surface area contributed by atoms with E-state index in [2.05, 4.69) is 5.32 Å². The van der Waals surface area contributed by atoms with Crippen molar-refractivity contribution in [3.63, 3.8) is 0 Å². The van der Waals surface area contributed by atoms with Gasteiger partial charge in [0.1, 0.15) is 0 Å². The normalized spacial score (nSPS) is 11.6. The number of esters is 1. The maximum Gasteiger partial charge on any atom is 0.338 e. The lowest BCUT2D eigenvalue weighted by atomic mass is 10.2. The second-order valence-electron chi connectivity index (χ2n) is 4.53. The highest BCUT2D eigenvalue weighted by atomic mass is 35.5. The van der Waals surface area contributed by atoms with Gasteiger partial charge in [-0.3, -0.25) is 4.79 Å². The summed E-state index contributed by atoms with van der Waals surface area (Å²) in [5.41, 5.74) is 0.783. The molecule has 22 heavy (non-hydrogen) atoms. The second kappa shape index (κ2) is 7.29. The Hall–Kier alpha value is -2.04. The van der Waals surface area contributed by atoms with Crippen LogP contribution in [-0.2, 0) is 9.53 Å². The Morgan fingerprint density at radius 1 is 1.09 bits per heavy atom. The van der Waals surface area contributed by atoms with Gasteiger partial charge in [0, 0.05) is 5.02 Å². The third kappa shape index (κ3) is 4.23. The van der Waals surface area contributed by atoms with E-state index in [0.717, 1.165) is 0 Å². The lowest BCUT2D eigenvalue weighted by molar-refractivity contribution is -0.123. The Morgan fingerprint density at radius 3 is 2.41 bits per heavy atom. The summed E-state index contributed by atoms with van der Waals surface area (Å²) in [5, 5.41) is 3.36. The molecule has 0 unspecified atom stereocenters. The number of rotatable bonds is 4. The molecule has 114 valence electrons. The predicted molar refractivity (Wildman–Crippen MR) is 86.4 cm³/mol. The number of benzene rings is 2. The van der Waals surface area contributed by atoms with E-state index < -0.39 is 18.0 Å². The SMILES string of the molecule is C[C@H](OC(=O)c1ccccc1)C(=O)Nc1ccc(Cl)cc1Cl. The van der Waals surface area contributed by atoms with Crippen molar-refractivity contribution in [2.75, 3.05) is 5.32 Å². The summed E-state index contributed by atoms with van der Waals surface area (Å²) >= 11 is 11.8. The van der Waals surface area contributed by atoms with Gasteiger partial charge >= 0.3 is 5.97 Å². The smallest absolute Gasteiger partial charge is 0.338 e. The average Bonchev–Trinajstić information content (AvgIpc) is 2.50. The molecule has 0 saturated heterocycles. The van der Waals surface area contributed by atoms with Crippen LogP contribution >= 0.6 is 23.2 Å². The van der Waals surface area contributed by atoms with Crippen LogP contribution in [-0.4, -0.2) is 18.0 Å². The van der Waals surface area contributed by atoms with Gasteiger partial charge in [-0.15, -0.1) is 0 Å². The number of anilines is 1. The first-order valence-electron chi connectivity index (χ1n) is 6.49. The van der Waals surface area contributed by atoms with Gasteiger partial charge < -0.3 is 10.1 Å². The van der Waals surface area contributed by atoms with Crippen molar-refractivity contribution in [1.29, 1.82) is 0 Å². The van der Waals surface area contributed by atoms with Crippen molar-refractivity contribution < 1.29 is 14.3 Å². The molecule has 0 bridgehead atoms. The number of nitrogens with one attached hydrogen (secondary N) is 1. The van der Waals surface area contributed by atoms with E-state index in [0.29, 0.717) is 21.3 Å². The standard InChI is InChI=1S/C16H13Cl2NO3/c1-10(22-16(21)11-5-3-2-4-6-11)15(20)19-14-8-7-12(17)9-13(14)18/h2-10H,1H3,(H,19,20)/t10-/m0/s1. The first kappa shape index (κ1) is 16.3. The number of hydrogen-bond donors (Lipinski definition) is 1. The average molecular weight is 338 g/mol. The van der Waals surface area contributed by atoms with Crippen molar-refractivity contribution in [1.82, 2.24) is 0 Å². The summed E-state index contributed by atoms with van der Waals surface area (Å²) in [6, 6.07) is 13.1. The van der Waals surface area contributed by atoms with Crippen LogP contribution in [0.3, 0.4) is 0 Å². The zero-order valence-corrected chi connectivity index (χ0v) is 13.2. The molecule has 0 saturated carbocycles. The van der Waals surface area contributed by atoms with Crippen molar-refractivity contribution in [2.24, 2.45) is 0 Å². The van der Waals surface area contributed by atoms with Gasteiger partial charge in [0.2, 0.25) is 0 Å². The summed E-state index contributed by atoms with van der Waals surface area (Å²) in [4.78, 5) is 23.9. The molecule has 2 rings (SSSR count). The Kier molecular flexibility index (Phi) is 5.41. The lowest BCUT2D eigenvalue weighted by Gasteiger charge is -2.14. The van der Waals surface area contributed by atoms with Crippen LogP contribution in [0.4, 0.5) is 5.69 Å². The molecule has 2 aromatic carbocycles. The van der Waals surface area contributed by atoms with Gasteiger partial charge in [0.15, 0.2) is 6.10 Å². The highest BCUT2D eigenvalue weighted by Crippen LogP contribution is 2.25. The zero-order chi connectivity index (χ0) is 16.1. The molecule has 0 spiro atoms. The number of halogens is 2. The van der Waals surface area contributed by atoms with E-state index in [-0.39, 0.29) is 0 Å². The van der Waals surface area contributed by atoms with E-state index in [9.17, 15) is 9.59 Å². The lowest BCUT2D eigenvalue weighted by Crippen LogP contribution is -2.30.